The van der Waals surface area contributed by atoms with Crippen LogP contribution in [0.25, 0.3) is 16.9 Å². The van der Waals surface area contributed by atoms with E-state index in [1.165, 1.54) is 6.26 Å². The second-order valence-corrected chi connectivity index (χ2v) is 9.38. The van der Waals surface area contributed by atoms with E-state index < -0.39 is 9.84 Å². The largest absolute Gasteiger partial charge is 0.396 e. The van der Waals surface area contributed by atoms with Crippen molar-refractivity contribution in [2.75, 3.05) is 12.9 Å². The lowest BCUT2D eigenvalue weighted by molar-refractivity contribution is 0.281. The Morgan fingerprint density at radius 3 is 2.28 bits per heavy atom. The van der Waals surface area contributed by atoms with Gasteiger partial charge in [-0.05, 0) is 67.6 Å². The van der Waals surface area contributed by atoms with Crippen LogP contribution in [0.5, 0.6) is 0 Å². The zero-order valence-electron chi connectivity index (χ0n) is 16.9. The zero-order valence-corrected chi connectivity index (χ0v) is 17.7. The van der Waals surface area contributed by atoms with Crippen molar-refractivity contribution in [2.45, 2.75) is 37.1 Å². The van der Waals surface area contributed by atoms with E-state index in [0.717, 1.165) is 47.5 Å². The fourth-order valence-electron chi connectivity index (χ4n) is 3.63. The van der Waals surface area contributed by atoms with E-state index in [4.69, 9.17) is 10.8 Å². The summed E-state index contributed by atoms with van der Waals surface area (Å²) in [5, 5.41) is 9.04. The molecule has 6 heteroatoms. The van der Waals surface area contributed by atoms with Crippen molar-refractivity contribution in [2.24, 2.45) is 5.73 Å². The second kappa shape index (κ2) is 8.95. The van der Waals surface area contributed by atoms with E-state index in [-0.39, 0.29) is 12.6 Å². The van der Waals surface area contributed by atoms with Gasteiger partial charge in [0.05, 0.1) is 10.6 Å². The molecule has 1 aromatic heterocycles. The molecule has 0 radical (unpaired) electrons. The highest BCUT2D eigenvalue weighted by Crippen LogP contribution is 2.33. The Morgan fingerprint density at radius 2 is 1.69 bits per heavy atom. The molecular weight excluding hydrogens is 384 g/mol. The zero-order chi connectivity index (χ0) is 21.0. The Morgan fingerprint density at radius 1 is 1.03 bits per heavy atom. The van der Waals surface area contributed by atoms with E-state index in [9.17, 15) is 8.42 Å². The summed E-state index contributed by atoms with van der Waals surface area (Å²) in [6.45, 7) is 2.23. The summed E-state index contributed by atoms with van der Waals surface area (Å²) in [4.78, 5) is 0.303. The van der Waals surface area contributed by atoms with Gasteiger partial charge in [0.15, 0.2) is 9.84 Å². The van der Waals surface area contributed by atoms with Crippen LogP contribution in [0.2, 0.25) is 0 Å². The molecule has 0 aliphatic rings. The van der Waals surface area contributed by atoms with Gasteiger partial charge in [-0.25, -0.2) is 8.42 Å². The molecule has 3 aromatic rings. The second-order valence-electron chi connectivity index (χ2n) is 7.36. The number of nitrogens with zero attached hydrogens (tertiary/aromatic N) is 1. The minimum atomic E-state index is -3.24. The summed E-state index contributed by atoms with van der Waals surface area (Å²) in [7, 11) is -3.24. The number of benzene rings is 2. The first kappa shape index (κ1) is 21.3. The van der Waals surface area contributed by atoms with Crippen molar-refractivity contribution in [3.63, 3.8) is 0 Å². The molecule has 5 nitrogen and oxygen atoms in total. The van der Waals surface area contributed by atoms with Gasteiger partial charge in [0.25, 0.3) is 0 Å². The third-order valence-electron chi connectivity index (χ3n) is 5.20. The van der Waals surface area contributed by atoms with Gasteiger partial charge in [-0.15, -0.1) is 0 Å². The standard InChI is InChI=1S/C23H28N2O3S/c1-17-21(22(24)10-6-7-15-26)16-23(25(17)19-8-4-3-5-9-19)18-11-13-20(14-12-18)29(2,27)28/h3-5,8-9,11-14,16,22,26H,6-7,10,15,24H2,1-2H3/t22-/m0/s1. The number of nitrogens with two attached hydrogens (primary N) is 1. The third kappa shape index (κ3) is 4.78. The summed E-state index contributed by atoms with van der Waals surface area (Å²) < 4.78 is 25.8. The maximum absolute atomic E-state index is 11.8. The van der Waals surface area contributed by atoms with Gasteiger partial charge in [0.2, 0.25) is 0 Å². The lowest BCUT2D eigenvalue weighted by atomic mass is 10.0. The Bertz CT molecular complexity index is 1060. The number of aromatic nitrogens is 1. The first-order valence-corrected chi connectivity index (χ1v) is 11.7. The number of hydrogen-bond acceptors (Lipinski definition) is 4. The predicted octanol–water partition coefficient (Wildman–Crippen LogP) is 4.02. The fraction of sp³-hybridized carbons (Fsp3) is 0.304. The van der Waals surface area contributed by atoms with Crippen LogP contribution in [0.3, 0.4) is 0 Å². The Labute approximate surface area is 172 Å². The van der Waals surface area contributed by atoms with Crippen LogP contribution < -0.4 is 5.73 Å². The molecule has 29 heavy (non-hydrogen) atoms. The summed E-state index contributed by atoms with van der Waals surface area (Å²) in [5.41, 5.74) is 11.5. The summed E-state index contributed by atoms with van der Waals surface area (Å²) in [5.74, 6) is 0. The van der Waals surface area contributed by atoms with Crippen molar-refractivity contribution in [1.82, 2.24) is 4.57 Å². The van der Waals surface area contributed by atoms with Crippen molar-refractivity contribution in [3.05, 3.63) is 71.9 Å². The SMILES string of the molecule is Cc1c([C@@H](N)CCCCO)cc(-c2ccc(S(C)(=O)=O)cc2)n1-c1ccccc1. The highest BCUT2D eigenvalue weighted by atomic mass is 32.2. The number of aliphatic hydroxyl groups is 1. The summed E-state index contributed by atoms with van der Waals surface area (Å²) in [6.07, 6.45) is 3.62. The van der Waals surface area contributed by atoms with Crippen LogP contribution >= 0.6 is 0 Å². The fourth-order valence-corrected chi connectivity index (χ4v) is 4.26. The Balaban J connectivity index is 2.08. The van der Waals surface area contributed by atoms with E-state index in [1.54, 1.807) is 12.1 Å². The van der Waals surface area contributed by atoms with Crippen molar-refractivity contribution >= 4 is 9.84 Å². The predicted molar refractivity (Wildman–Crippen MR) is 117 cm³/mol. The van der Waals surface area contributed by atoms with Gasteiger partial charge in [-0.2, -0.15) is 0 Å². The quantitative estimate of drug-likeness (QED) is 0.547. The minimum absolute atomic E-state index is 0.124. The molecule has 0 spiro atoms. The molecule has 1 heterocycles. The van der Waals surface area contributed by atoms with Crippen molar-refractivity contribution in [1.29, 1.82) is 0 Å². The summed E-state index contributed by atoms with van der Waals surface area (Å²) in [6, 6.07) is 19.0. The van der Waals surface area contributed by atoms with E-state index in [2.05, 4.69) is 17.6 Å². The summed E-state index contributed by atoms with van der Waals surface area (Å²) >= 11 is 0. The minimum Gasteiger partial charge on any atom is -0.396 e. The van der Waals surface area contributed by atoms with E-state index >= 15 is 0 Å². The van der Waals surface area contributed by atoms with Gasteiger partial charge in [0.1, 0.15) is 0 Å². The molecule has 0 amide bonds. The molecule has 0 saturated heterocycles. The van der Waals surface area contributed by atoms with Gasteiger partial charge < -0.3 is 15.4 Å². The molecular formula is C23H28N2O3S. The maximum Gasteiger partial charge on any atom is 0.175 e. The average molecular weight is 413 g/mol. The number of para-hydroxylation sites is 1. The molecule has 1 atom stereocenters. The van der Waals surface area contributed by atoms with E-state index in [1.807, 2.05) is 42.5 Å². The molecule has 0 aliphatic heterocycles. The number of aliphatic hydroxyl groups excluding tert-OH is 1. The van der Waals surface area contributed by atoms with Gasteiger partial charge in [-0.1, -0.05) is 30.3 Å². The smallest absolute Gasteiger partial charge is 0.175 e. The monoisotopic (exact) mass is 412 g/mol. The molecule has 3 rings (SSSR count). The molecule has 154 valence electrons. The number of rotatable bonds is 8. The highest BCUT2D eigenvalue weighted by molar-refractivity contribution is 7.90. The van der Waals surface area contributed by atoms with Crippen molar-refractivity contribution < 1.29 is 13.5 Å². The molecule has 0 unspecified atom stereocenters. The van der Waals surface area contributed by atoms with Crippen molar-refractivity contribution in [3.8, 4) is 16.9 Å². The highest BCUT2D eigenvalue weighted by Gasteiger charge is 2.19. The lowest BCUT2D eigenvalue weighted by Gasteiger charge is -2.14. The average Bonchev–Trinajstić information content (AvgIpc) is 3.05. The third-order valence-corrected chi connectivity index (χ3v) is 6.33. The van der Waals surface area contributed by atoms with Crippen LogP contribution in [0, 0.1) is 6.92 Å². The van der Waals surface area contributed by atoms with Crippen LogP contribution in [-0.2, 0) is 9.84 Å². The molecule has 0 saturated carbocycles. The van der Waals surface area contributed by atoms with Crippen LogP contribution in [0.1, 0.15) is 36.6 Å². The number of hydrogen-bond donors (Lipinski definition) is 2. The first-order valence-electron chi connectivity index (χ1n) is 9.77. The van der Waals surface area contributed by atoms with Gasteiger partial charge in [-0.3, -0.25) is 0 Å². The van der Waals surface area contributed by atoms with Gasteiger partial charge in [0, 0.05) is 30.3 Å². The van der Waals surface area contributed by atoms with Crippen LogP contribution in [-0.4, -0.2) is 31.0 Å². The molecule has 0 aliphatic carbocycles. The molecule has 0 fully saturated rings. The Kier molecular flexibility index (Phi) is 6.57. The molecule has 3 N–H and O–H groups in total. The first-order chi connectivity index (χ1) is 13.8. The van der Waals surface area contributed by atoms with Gasteiger partial charge >= 0.3 is 0 Å². The topological polar surface area (TPSA) is 85.3 Å². The van der Waals surface area contributed by atoms with E-state index in [0.29, 0.717) is 4.90 Å². The van der Waals surface area contributed by atoms with Crippen LogP contribution in [0.15, 0.2) is 65.6 Å². The number of sulfone groups is 1. The lowest BCUT2D eigenvalue weighted by Crippen LogP contribution is -2.11. The number of unbranched alkanes of at least 4 members (excludes halogenated alkanes) is 1. The maximum atomic E-state index is 11.8. The Hall–Kier alpha value is -2.41. The van der Waals surface area contributed by atoms with Crippen LogP contribution in [0.4, 0.5) is 0 Å². The molecule has 2 aromatic carbocycles. The normalized spacial score (nSPS) is 12.8. The molecule has 0 bridgehead atoms.